The third kappa shape index (κ3) is 4.85. The van der Waals surface area contributed by atoms with E-state index in [9.17, 15) is 19.8 Å². The first kappa shape index (κ1) is 27.8. The number of methoxy groups -OCH3 is 1. The highest BCUT2D eigenvalue weighted by molar-refractivity contribution is 5.89. The zero-order valence-electron chi connectivity index (χ0n) is 24.0. The second-order valence-electron chi connectivity index (χ2n) is 11.8. The zero-order chi connectivity index (χ0) is 28.8. The molecule has 6 heteroatoms. The summed E-state index contributed by atoms with van der Waals surface area (Å²) in [7, 11) is 1.53. The van der Waals surface area contributed by atoms with Crippen LogP contribution in [0.4, 0.5) is 0 Å². The third-order valence-electron chi connectivity index (χ3n) is 8.98. The average Bonchev–Trinajstić information content (AvgIpc) is 3.21. The van der Waals surface area contributed by atoms with Gasteiger partial charge in [-0.1, -0.05) is 36.3 Å². The molecule has 0 saturated heterocycles. The minimum atomic E-state index is -0.248. The summed E-state index contributed by atoms with van der Waals surface area (Å²) in [6.07, 6.45) is 9.72. The highest BCUT2D eigenvalue weighted by Crippen LogP contribution is 2.57. The van der Waals surface area contributed by atoms with Crippen LogP contribution in [0.25, 0.3) is 11.0 Å². The fraction of sp³-hybridized carbons (Fsp3) is 0.412. The number of benzene rings is 2. The Morgan fingerprint density at radius 1 is 1.15 bits per heavy atom. The molecule has 2 N–H and O–H groups in total. The highest BCUT2D eigenvalue weighted by atomic mass is 16.5. The lowest BCUT2D eigenvalue weighted by Gasteiger charge is -2.43. The Morgan fingerprint density at radius 3 is 2.65 bits per heavy atom. The lowest BCUT2D eigenvalue weighted by molar-refractivity contribution is -0.126. The molecule has 1 aromatic heterocycles. The molecule has 40 heavy (non-hydrogen) atoms. The van der Waals surface area contributed by atoms with Gasteiger partial charge in [-0.2, -0.15) is 0 Å². The molecule has 3 atom stereocenters. The van der Waals surface area contributed by atoms with Crippen molar-refractivity contribution >= 4 is 16.8 Å². The van der Waals surface area contributed by atoms with Gasteiger partial charge in [0.25, 0.3) is 0 Å². The van der Waals surface area contributed by atoms with Gasteiger partial charge in [-0.15, -0.1) is 0 Å². The minimum absolute atomic E-state index is 0.100. The Kier molecular flexibility index (Phi) is 7.38. The van der Waals surface area contributed by atoms with Crippen molar-refractivity contribution in [1.29, 1.82) is 0 Å². The summed E-state index contributed by atoms with van der Waals surface area (Å²) < 4.78 is 11.0. The Bertz CT molecular complexity index is 1600. The van der Waals surface area contributed by atoms with E-state index < -0.39 is 0 Å². The smallest absolute Gasteiger partial charge is 0.196 e. The number of aromatic hydroxyl groups is 2. The fourth-order valence-corrected chi connectivity index (χ4v) is 6.87. The van der Waals surface area contributed by atoms with Crippen LogP contribution in [0.15, 0.2) is 62.8 Å². The van der Waals surface area contributed by atoms with Crippen molar-refractivity contribution < 1.29 is 24.2 Å². The van der Waals surface area contributed by atoms with Crippen LogP contribution in [0.2, 0.25) is 0 Å². The van der Waals surface area contributed by atoms with Gasteiger partial charge in [-0.3, -0.25) is 9.59 Å². The zero-order valence-corrected chi connectivity index (χ0v) is 24.0. The number of Topliss-reactive ketones (excluding diaryl/α,β-unsaturated/α-hetero) is 1. The number of ketones is 1. The van der Waals surface area contributed by atoms with E-state index in [1.54, 1.807) is 13.0 Å². The van der Waals surface area contributed by atoms with Crippen LogP contribution in [-0.4, -0.2) is 23.1 Å². The third-order valence-corrected chi connectivity index (χ3v) is 8.98. The molecule has 0 aliphatic heterocycles. The Morgan fingerprint density at radius 2 is 1.93 bits per heavy atom. The van der Waals surface area contributed by atoms with Gasteiger partial charge in [0.15, 0.2) is 5.43 Å². The van der Waals surface area contributed by atoms with Crippen molar-refractivity contribution in [2.75, 3.05) is 7.11 Å². The van der Waals surface area contributed by atoms with Crippen LogP contribution < -0.4 is 10.2 Å². The van der Waals surface area contributed by atoms with Gasteiger partial charge in [0.1, 0.15) is 39.8 Å². The second kappa shape index (κ2) is 10.6. The van der Waals surface area contributed by atoms with E-state index in [1.807, 2.05) is 26.0 Å². The molecule has 6 nitrogen and oxygen atoms in total. The molecule has 0 amide bonds. The molecule has 6 rings (SSSR count). The number of hydrogen-bond acceptors (Lipinski definition) is 6. The number of rotatable bonds is 3. The van der Waals surface area contributed by atoms with Crippen LogP contribution in [0.3, 0.4) is 0 Å². The summed E-state index contributed by atoms with van der Waals surface area (Å²) in [4.78, 5) is 24.3. The van der Waals surface area contributed by atoms with E-state index in [0.29, 0.717) is 46.9 Å². The maximum absolute atomic E-state index is 12.2. The van der Waals surface area contributed by atoms with Gasteiger partial charge in [-0.05, 0) is 82.1 Å². The Hall–Kier alpha value is -3.80. The predicted molar refractivity (Wildman–Crippen MR) is 156 cm³/mol. The molecule has 3 unspecified atom stereocenters. The van der Waals surface area contributed by atoms with Crippen molar-refractivity contribution in [2.45, 2.75) is 72.1 Å². The van der Waals surface area contributed by atoms with Crippen molar-refractivity contribution in [1.82, 2.24) is 0 Å². The highest BCUT2D eigenvalue weighted by Gasteiger charge is 2.52. The maximum Gasteiger partial charge on any atom is 0.196 e. The Labute approximate surface area is 235 Å². The van der Waals surface area contributed by atoms with E-state index in [0.717, 1.165) is 43.2 Å². The van der Waals surface area contributed by atoms with Gasteiger partial charge >= 0.3 is 0 Å². The molecule has 0 spiro atoms. The molecular formula is C34H38O6. The van der Waals surface area contributed by atoms with Crippen LogP contribution in [0, 0.1) is 18.3 Å². The largest absolute Gasteiger partial charge is 0.508 e. The summed E-state index contributed by atoms with van der Waals surface area (Å²) in [5, 5.41) is 19.8. The van der Waals surface area contributed by atoms with Crippen molar-refractivity contribution in [3.05, 3.63) is 86.3 Å². The van der Waals surface area contributed by atoms with Crippen molar-refractivity contribution in [3.8, 4) is 17.2 Å². The molecule has 3 aromatic rings. The molecule has 0 radical (unpaired) electrons. The number of allylic oxidation sites excluding steroid dienone is 4. The Balaban J connectivity index is 0.000000161. The topological polar surface area (TPSA) is 97.0 Å². The lowest BCUT2D eigenvalue weighted by Crippen LogP contribution is -2.37. The first-order valence-corrected chi connectivity index (χ1v) is 14.0. The van der Waals surface area contributed by atoms with Gasteiger partial charge in [0.2, 0.25) is 0 Å². The molecule has 3 aliphatic rings. The summed E-state index contributed by atoms with van der Waals surface area (Å²) >= 11 is 0. The molecule has 1 heterocycles. The normalized spacial score (nSPS) is 22.8. The predicted octanol–water partition coefficient (Wildman–Crippen LogP) is 7.06. The maximum atomic E-state index is 12.2. The molecule has 0 bridgehead atoms. The van der Waals surface area contributed by atoms with Crippen LogP contribution in [0.5, 0.6) is 17.2 Å². The number of phenols is 2. The standard InChI is InChI=1S/C18H20O2.C16H18O4/c1-18-9-8-14-13-5-3-12(19)10-11(13)2-4-15(14)16(18)6-7-17(18)20;1-9(2)5-6-11-14(19-4)8-13(18)15-12(17)7-10(3)20-16(11)15/h3-5,10,14,16,19H,2,6-9H2,1H3;5,7-8,18H,6H2,1-4H3. The summed E-state index contributed by atoms with van der Waals surface area (Å²) in [6.45, 7) is 7.88. The number of hydrogen-bond donors (Lipinski definition) is 2. The number of carbonyl (C=O) groups is 1. The van der Waals surface area contributed by atoms with Crippen LogP contribution in [-0.2, 0) is 17.6 Å². The fourth-order valence-electron chi connectivity index (χ4n) is 6.87. The SMILES string of the molecule is CC12CCC3C(=CCc4cc(O)ccc43)C1CCC2=O.COc1cc(O)c2c(=O)cc(C)oc2c1CC=C(C)C. The minimum Gasteiger partial charge on any atom is -0.508 e. The van der Waals surface area contributed by atoms with Crippen molar-refractivity contribution in [2.24, 2.45) is 11.3 Å². The van der Waals surface area contributed by atoms with Crippen LogP contribution >= 0.6 is 0 Å². The van der Waals surface area contributed by atoms with Gasteiger partial charge in [-0.25, -0.2) is 0 Å². The van der Waals surface area contributed by atoms with Gasteiger partial charge in [0.05, 0.1) is 7.11 Å². The molecule has 2 saturated carbocycles. The second-order valence-corrected chi connectivity index (χ2v) is 11.8. The summed E-state index contributed by atoms with van der Waals surface area (Å²) in [6, 6.07) is 8.62. The van der Waals surface area contributed by atoms with Gasteiger partial charge < -0.3 is 19.4 Å². The molecule has 210 valence electrons. The number of carbonyl (C=O) groups excluding carboxylic acids is 1. The van der Waals surface area contributed by atoms with E-state index in [4.69, 9.17) is 9.15 Å². The van der Waals surface area contributed by atoms with Crippen molar-refractivity contribution in [3.63, 3.8) is 0 Å². The van der Waals surface area contributed by atoms with E-state index in [2.05, 4.69) is 19.1 Å². The molecule has 2 fully saturated rings. The molecular weight excluding hydrogens is 504 g/mol. The number of fused-ring (bicyclic) bond motifs is 6. The van der Waals surface area contributed by atoms with E-state index >= 15 is 0 Å². The van der Waals surface area contributed by atoms with Crippen LogP contribution in [0.1, 0.15) is 74.8 Å². The first-order chi connectivity index (χ1) is 19.0. The first-order valence-electron chi connectivity index (χ1n) is 14.0. The van der Waals surface area contributed by atoms with Gasteiger partial charge in [0, 0.05) is 35.4 Å². The number of phenolic OH excluding ortho intramolecular Hbond substituents is 2. The quantitative estimate of drug-likeness (QED) is 0.344. The van der Waals surface area contributed by atoms with E-state index in [-0.39, 0.29) is 22.0 Å². The average molecular weight is 543 g/mol. The number of aryl methyl sites for hydroxylation is 1. The molecule has 3 aliphatic carbocycles. The number of ether oxygens (including phenoxy) is 1. The van der Waals surface area contributed by atoms with E-state index in [1.165, 1.54) is 35.9 Å². The molecule has 2 aromatic carbocycles. The monoisotopic (exact) mass is 542 g/mol. The summed E-state index contributed by atoms with van der Waals surface area (Å²) in [5.41, 5.74) is 6.10. The lowest BCUT2D eigenvalue weighted by atomic mass is 9.60. The summed E-state index contributed by atoms with van der Waals surface area (Å²) in [5.74, 6) is 2.66.